The van der Waals surface area contributed by atoms with E-state index in [-0.39, 0.29) is 0 Å². The van der Waals surface area contributed by atoms with Gasteiger partial charge in [0.2, 0.25) is 0 Å². The molecule has 119 heavy (non-hydrogen) atoms. The second kappa shape index (κ2) is 55.0. The van der Waals surface area contributed by atoms with Gasteiger partial charge in [-0.1, -0.05) is 377 Å². The molecule has 1 aromatic heterocycles. The molecule has 17 fully saturated rings. The van der Waals surface area contributed by atoms with Crippen molar-refractivity contribution >= 4 is 5.78 Å². The highest BCUT2D eigenvalue weighted by molar-refractivity contribution is 6.01. The molecule has 28 rings (SSSR count). The molecule has 3 atom stereocenters. The first-order chi connectivity index (χ1) is 58.7. The first-order valence-electron chi connectivity index (χ1n) is 52.9. The van der Waals surface area contributed by atoms with Crippen LogP contribution >= 0.6 is 0 Å². The van der Waals surface area contributed by atoms with E-state index in [1.807, 2.05) is 91.9 Å². The zero-order chi connectivity index (χ0) is 83.6. The number of rotatable bonds is 0. The Morgan fingerprint density at radius 1 is 0.303 bits per heavy atom. The predicted molar refractivity (Wildman–Crippen MR) is 518 cm³/mol. The average Bonchev–Trinajstić information content (AvgIpc) is 1.54. The molecule has 0 radical (unpaired) electrons. The summed E-state index contributed by atoms with van der Waals surface area (Å²) in [6.45, 7) is 21.7. The summed E-state index contributed by atoms with van der Waals surface area (Å²) in [6.07, 6.45) is 88.6. The Morgan fingerprint density at radius 3 is 1.11 bits per heavy atom. The number of piperidine rings is 1. The molecule has 0 amide bonds. The fourth-order valence-corrected chi connectivity index (χ4v) is 26.3. The van der Waals surface area contributed by atoms with Crippen LogP contribution in [0.4, 0.5) is 0 Å². The van der Waals surface area contributed by atoms with Gasteiger partial charge in [-0.05, 0) is 306 Å². The number of carbonyl (C=O) groups is 1. The zero-order valence-electron chi connectivity index (χ0n) is 79.0. The van der Waals surface area contributed by atoms with Crippen LogP contribution in [0.25, 0.3) is 11.1 Å². The van der Waals surface area contributed by atoms with Crippen molar-refractivity contribution in [2.75, 3.05) is 6.54 Å². The molecular weight excluding hydrogens is 1440 g/mol. The van der Waals surface area contributed by atoms with Crippen LogP contribution in [-0.2, 0) is 25.7 Å². The summed E-state index contributed by atoms with van der Waals surface area (Å²) in [4.78, 5) is 15.6. The van der Waals surface area contributed by atoms with Crippen LogP contribution in [0.1, 0.15) is 458 Å². The minimum atomic E-state index is 0.299. The van der Waals surface area contributed by atoms with Crippen molar-refractivity contribution < 1.29 is 4.79 Å². The third-order valence-electron chi connectivity index (χ3n) is 32.4. The van der Waals surface area contributed by atoms with Gasteiger partial charge in [-0.3, -0.25) is 9.78 Å². The Kier molecular flexibility index (Phi) is 44.6. The molecule has 1 saturated heterocycles. The largest absolute Gasteiger partial charge is 0.314 e. The number of nitrogens with one attached hydrogen (secondary N) is 1. The summed E-state index contributed by atoms with van der Waals surface area (Å²) >= 11 is 0. The van der Waals surface area contributed by atoms with Gasteiger partial charge in [0, 0.05) is 35.8 Å². The van der Waals surface area contributed by atoms with Crippen LogP contribution < -0.4 is 5.32 Å². The van der Waals surface area contributed by atoms with E-state index in [9.17, 15) is 4.79 Å². The number of nitrogens with zero attached hydrogens (tertiary/aromatic N) is 1. The van der Waals surface area contributed by atoms with Gasteiger partial charge in [0.1, 0.15) is 0 Å². The number of benzene rings is 4. The number of allylic oxidation sites excluding steroid dienone is 2. The molecule has 1 N–H and O–H groups in total. The lowest BCUT2D eigenvalue weighted by Crippen LogP contribution is -2.42. The average molecular weight is 1620 g/mol. The van der Waals surface area contributed by atoms with Gasteiger partial charge in [0.05, 0.1) is 0 Å². The summed E-state index contributed by atoms with van der Waals surface area (Å²) in [5, 5.41) is 3.62. The number of pyridine rings is 1. The van der Waals surface area contributed by atoms with Crippen LogP contribution in [0.3, 0.4) is 0 Å². The lowest BCUT2D eigenvalue weighted by Gasteiger charge is -2.49. The Morgan fingerprint density at radius 2 is 0.672 bits per heavy atom. The molecule has 4 aromatic carbocycles. The lowest BCUT2D eigenvalue weighted by molar-refractivity contribution is 0.0198. The van der Waals surface area contributed by atoms with E-state index < -0.39 is 0 Å². The number of fused-ring (bicyclic) bond motifs is 23. The molecule has 5 aromatic rings. The number of ketones is 1. The third-order valence-corrected chi connectivity index (χ3v) is 32.4. The van der Waals surface area contributed by atoms with E-state index >= 15 is 0 Å². The molecule has 3 heteroatoms. The molecule has 1 aliphatic heterocycles. The number of hydrogen-bond acceptors (Lipinski definition) is 3. The van der Waals surface area contributed by atoms with E-state index in [1.54, 1.807) is 172 Å². The van der Waals surface area contributed by atoms with Crippen LogP contribution in [0.15, 0.2) is 128 Å². The van der Waals surface area contributed by atoms with Gasteiger partial charge >= 0.3 is 0 Å². The third kappa shape index (κ3) is 31.2. The molecule has 12 bridgehead atoms. The molecule has 662 valence electrons. The highest BCUT2D eigenvalue weighted by Gasteiger charge is 2.42. The van der Waals surface area contributed by atoms with Gasteiger partial charge in [0.25, 0.3) is 0 Å². The maximum Gasteiger partial charge on any atom is 0.163 e. The number of aromatic nitrogens is 1. The second-order valence-corrected chi connectivity index (χ2v) is 40.5. The highest BCUT2D eigenvalue weighted by atomic mass is 16.1. The molecule has 3 unspecified atom stereocenters. The molecule has 0 spiro atoms. The van der Waals surface area contributed by atoms with E-state index in [2.05, 4.69) is 115 Å². The Bertz CT molecular complexity index is 3190. The van der Waals surface area contributed by atoms with Crippen molar-refractivity contribution in [3.05, 3.63) is 172 Å². The summed E-state index contributed by atoms with van der Waals surface area (Å²) in [6, 6.07) is 39.2. The van der Waals surface area contributed by atoms with Gasteiger partial charge in [-0.25, -0.2) is 0 Å². The van der Waals surface area contributed by atoms with E-state index in [0.717, 1.165) is 53.0 Å². The number of aryl methyl sites for hydroxylation is 4. The summed E-state index contributed by atoms with van der Waals surface area (Å²) in [5.74, 6) is 18.3. The maximum atomic E-state index is 11.3. The van der Waals surface area contributed by atoms with Crippen molar-refractivity contribution in [2.45, 2.75) is 440 Å². The zero-order valence-corrected chi connectivity index (χ0v) is 79.0. The van der Waals surface area contributed by atoms with Crippen LogP contribution in [-0.4, -0.2) is 23.4 Å². The topological polar surface area (TPSA) is 42.0 Å². The minimum absolute atomic E-state index is 0.299. The summed E-state index contributed by atoms with van der Waals surface area (Å²) < 4.78 is 0. The molecule has 3 nitrogen and oxygen atoms in total. The Labute approximate surface area is 735 Å². The van der Waals surface area contributed by atoms with Gasteiger partial charge in [-0.15, -0.1) is 0 Å². The SMILES string of the molecule is C1=CC2CCCC(C1)CCC2.C1C2CC3CC1CC(C2)C3.C1CC2CC(C1)C2.C1CC2CCC1C2.C1CC2CCCC(C1)CCC2.C1CCC2CCCCC2C1.C1CCC2NCCCC2C1.CC.CC.CC.CC.CC1CC(=O)c2ccccc21.CC1c2ccccc2-c2ccccc21.c1ccc2c(c1)CCCC2.c1cnc2c(c1)CCCC2. The van der Waals surface area contributed by atoms with Crippen LogP contribution in [0.2, 0.25) is 0 Å². The quantitative estimate of drug-likeness (QED) is 0.157. The molecule has 23 aliphatic rings. The predicted octanol–water partition coefficient (Wildman–Crippen LogP) is 34.6. The van der Waals surface area contributed by atoms with E-state index in [4.69, 9.17) is 0 Å². The fraction of sp³-hybridized carbons (Fsp3) is 0.724. The van der Waals surface area contributed by atoms with Crippen LogP contribution in [0.5, 0.6) is 0 Å². The number of carbonyl (C=O) groups excluding carboxylic acids is 1. The normalized spacial score (nSPS) is 31.1. The van der Waals surface area contributed by atoms with Gasteiger partial charge in [0.15, 0.2) is 5.78 Å². The smallest absolute Gasteiger partial charge is 0.163 e. The first-order valence-corrected chi connectivity index (χ1v) is 52.9. The van der Waals surface area contributed by atoms with Crippen molar-refractivity contribution in [3.8, 4) is 11.1 Å². The summed E-state index contributed by atoms with van der Waals surface area (Å²) in [5.41, 5.74) is 13.9. The maximum absolute atomic E-state index is 11.3. The summed E-state index contributed by atoms with van der Waals surface area (Å²) in [7, 11) is 0. The number of Topliss-reactive ketones (excluding diaryl/α,β-unsaturated/α-hetero) is 1. The lowest BCUT2D eigenvalue weighted by atomic mass is 9.56. The monoisotopic (exact) mass is 1620 g/mol. The first kappa shape index (κ1) is 96.6. The Hall–Kier alpha value is -4.60. The molecule has 2 heterocycles. The van der Waals surface area contributed by atoms with Gasteiger partial charge < -0.3 is 5.32 Å². The highest BCUT2D eigenvalue weighted by Crippen LogP contribution is 2.54. The second-order valence-electron chi connectivity index (χ2n) is 40.5. The van der Waals surface area contributed by atoms with E-state index in [1.165, 1.54) is 279 Å². The number of hydrogen-bond donors (Lipinski definition) is 1. The van der Waals surface area contributed by atoms with E-state index in [0.29, 0.717) is 24.0 Å². The van der Waals surface area contributed by atoms with Crippen molar-refractivity contribution in [3.63, 3.8) is 0 Å². The van der Waals surface area contributed by atoms with Crippen molar-refractivity contribution in [2.24, 2.45) is 88.8 Å². The van der Waals surface area contributed by atoms with Gasteiger partial charge in [-0.2, -0.15) is 0 Å². The van der Waals surface area contributed by atoms with Crippen molar-refractivity contribution in [1.29, 1.82) is 0 Å². The molecule has 22 aliphatic carbocycles. The van der Waals surface area contributed by atoms with Crippen molar-refractivity contribution in [1.82, 2.24) is 10.3 Å². The standard InChI is InChI=1S/C14H12.C11H20.C11H18.C10H10O.C10H16.C10H18.C10H12.C9H17N.C9H11N.2C7H12.4C2H6/c1-10-11-6-2-4-8-13(11)14-9-5-3-7-12(10)14;2*1-4-10-6-2-7-11(5-1)9-3-8-10;1-7-6-10(11)9-5-3-2-4-8(7)9;1-7-2-9-4-8(1)5-10(3-7)6-9;2*1-2-6-10-8-4-3-7-9(10)5-1;2*1-2-6-9-8(4-1)5-3-7-10-9;1-2-7-4-3-6(1)5-7;1-2-6-4-7(3-1)5-6;4*1-2/h2-10H,1H3;10-11H,1-9H2;1,4,10-11H,2-3,5-9H2;2-5,7H,6H2,1H3;7-10H,1-6H2;9-10H,1-8H2;1-2,5-6H,3-4,7-8H2;8-10H,1-7H2;3,5,7H,1-2,4,6H2;2*6-7H,1-5H2;4*1-2H3. The van der Waals surface area contributed by atoms with Crippen LogP contribution in [0, 0.1) is 88.8 Å². The fourth-order valence-electron chi connectivity index (χ4n) is 26.3. The minimum Gasteiger partial charge on any atom is -0.314 e. The molecular formula is C116H182N2O. The Balaban J connectivity index is 0.000000137. The molecule has 16 saturated carbocycles.